The summed E-state index contributed by atoms with van der Waals surface area (Å²) in [6.45, 7) is 0.812. The number of carbonyl (C=O) groups is 2. The fourth-order valence-electron chi connectivity index (χ4n) is 2.93. The van der Waals surface area contributed by atoms with Crippen molar-refractivity contribution in [3.05, 3.63) is 28.8 Å². The Morgan fingerprint density at radius 1 is 1.12 bits per heavy atom. The Hall–Kier alpha value is -1.96. The van der Waals surface area contributed by atoms with Gasteiger partial charge in [0.1, 0.15) is 0 Å². The van der Waals surface area contributed by atoms with Crippen LogP contribution >= 0.6 is 11.6 Å². The smallest absolute Gasteiger partial charge is 0.335 e. The van der Waals surface area contributed by atoms with E-state index >= 15 is 0 Å². The third-order valence-electron chi connectivity index (χ3n) is 4.60. The number of piperidine rings is 1. The first kappa shape index (κ1) is 18.8. The summed E-state index contributed by atoms with van der Waals surface area (Å²) < 4.78 is 39.3. The van der Waals surface area contributed by atoms with Crippen molar-refractivity contribution in [2.75, 3.05) is 18.4 Å². The number of benzene rings is 1. The number of hydrogen-bond acceptors (Lipinski definition) is 2. The molecule has 0 aromatic heterocycles. The van der Waals surface area contributed by atoms with Crippen LogP contribution in [0.1, 0.15) is 31.2 Å². The van der Waals surface area contributed by atoms with Gasteiger partial charge in [0.25, 0.3) is 0 Å². The van der Waals surface area contributed by atoms with Crippen LogP contribution in [0.25, 0.3) is 0 Å². The molecule has 0 bridgehead atoms. The summed E-state index contributed by atoms with van der Waals surface area (Å²) in [5, 5.41) is 5.20. The zero-order valence-corrected chi connectivity index (χ0v) is 14.7. The first-order valence-corrected chi connectivity index (χ1v) is 8.85. The van der Waals surface area contributed by atoms with Gasteiger partial charge in [-0.1, -0.05) is 11.6 Å². The second kappa shape index (κ2) is 7.34. The molecular weight excluding hydrogens is 371 g/mol. The first-order chi connectivity index (χ1) is 12.2. The largest absolute Gasteiger partial charge is 0.418 e. The van der Waals surface area contributed by atoms with Crippen LogP contribution in [0.3, 0.4) is 0 Å². The molecule has 142 valence electrons. The second-order valence-corrected chi connectivity index (χ2v) is 7.10. The van der Waals surface area contributed by atoms with Gasteiger partial charge in [-0.05, 0) is 43.9 Å². The summed E-state index contributed by atoms with van der Waals surface area (Å²) in [5.41, 5.74) is -1.28. The number of likely N-dealkylation sites (tertiary alicyclic amines) is 1. The van der Waals surface area contributed by atoms with Gasteiger partial charge >= 0.3 is 12.2 Å². The molecule has 0 unspecified atom stereocenters. The molecule has 2 aliphatic rings. The highest BCUT2D eigenvalue weighted by atomic mass is 35.5. The zero-order chi connectivity index (χ0) is 18.9. The van der Waals surface area contributed by atoms with E-state index in [1.165, 1.54) is 6.07 Å². The van der Waals surface area contributed by atoms with Crippen molar-refractivity contribution >= 4 is 29.2 Å². The Kier molecular flexibility index (Phi) is 5.32. The summed E-state index contributed by atoms with van der Waals surface area (Å²) in [4.78, 5) is 26.0. The number of urea groups is 1. The number of carbonyl (C=O) groups excluding carboxylic acids is 2. The van der Waals surface area contributed by atoms with Crippen LogP contribution in [0.5, 0.6) is 0 Å². The SMILES string of the molecule is O=C(Nc1ccc(Cl)cc1C(F)(F)F)C1CCN(C(=O)NC2CC2)CC1. The Morgan fingerprint density at radius 3 is 2.35 bits per heavy atom. The van der Waals surface area contributed by atoms with Gasteiger partial charge in [-0.25, -0.2) is 4.79 Å². The Balaban J connectivity index is 1.58. The number of alkyl halides is 3. The average molecular weight is 390 g/mol. The number of hydrogen-bond donors (Lipinski definition) is 2. The fraction of sp³-hybridized carbons (Fsp3) is 0.529. The van der Waals surface area contributed by atoms with Crippen molar-refractivity contribution in [2.45, 2.75) is 37.9 Å². The lowest BCUT2D eigenvalue weighted by molar-refractivity contribution is -0.137. The van der Waals surface area contributed by atoms with Crippen LogP contribution in [0.2, 0.25) is 5.02 Å². The molecule has 1 saturated heterocycles. The van der Waals surface area contributed by atoms with Crippen molar-refractivity contribution in [2.24, 2.45) is 5.92 Å². The molecule has 0 spiro atoms. The topological polar surface area (TPSA) is 61.4 Å². The van der Waals surface area contributed by atoms with Gasteiger partial charge in [-0.3, -0.25) is 4.79 Å². The molecule has 1 aliphatic heterocycles. The third kappa shape index (κ3) is 4.60. The monoisotopic (exact) mass is 389 g/mol. The number of rotatable bonds is 3. The van der Waals surface area contributed by atoms with Crippen molar-refractivity contribution in [1.29, 1.82) is 0 Å². The molecule has 3 rings (SSSR count). The molecule has 1 aromatic carbocycles. The minimum atomic E-state index is -4.61. The molecule has 3 amide bonds. The fourth-order valence-corrected chi connectivity index (χ4v) is 3.11. The summed E-state index contributed by atoms with van der Waals surface area (Å²) in [5.74, 6) is -0.906. The van der Waals surface area contributed by atoms with Gasteiger partial charge in [-0.15, -0.1) is 0 Å². The van der Waals surface area contributed by atoms with E-state index in [-0.39, 0.29) is 22.8 Å². The molecule has 1 saturated carbocycles. The predicted molar refractivity (Wildman–Crippen MR) is 90.9 cm³/mol. The van der Waals surface area contributed by atoms with Crippen LogP contribution in [0, 0.1) is 5.92 Å². The molecule has 5 nitrogen and oxygen atoms in total. The Morgan fingerprint density at radius 2 is 1.77 bits per heavy atom. The highest BCUT2D eigenvalue weighted by molar-refractivity contribution is 6.30. The van der Waals surface area contributed by atoms with Crippen LogP contribution in [-0.4, -0.2) is 36.0 Å². The lowest BCUT2D eigenvalue weighted by Crippen LogP contribution is -2.46. The van der Waals surface area contributed by atoms with E-state index in [0.29, 0.717) is 25.9 Å². The number of halogens is 4. The lowest BCUT2D eigenvalue weighted by Gasteiger charge is -2.31. The highest BCUT2D eigenvalue weighted by Gasteiger charge is 2.35. The van der Waals surface area contributed by atoms with Gasteiger partial charge in [-0.2, -0.15) is 13.2 Å². The maximum atomic E-state index is 13.1. The molecule has 1 aromatic rings. The summed E-state index contributed by atoms with van der Waals surface area (Å²) in [6, 6.07) is 3.37. The van der Waals surface area contributed by atoms with E-state index in [1.807, 2.05) is 0 Å². The number of amides is 3. The van der Waals surface area contributed by atoms with Gasteiger partial charge in [0, 0.05) is 30.1 Å². The molecule has 9 heteroatoms. The average Bonchev–Trinajstić information content (AvgIpc) is 3.39. The number of anilines is 1. The van der Waals surface area contributed by atoms with E-state index in [1.54, 1.807) is 4.90 Å². The number of nitrogens with one attached hydrogen (secondary N) is 2. The van der Waals surface area contributed by atoms with Crippen LogP contribution in [0.4, 0.5) is 23.7 Å². The van der Waals surface area contributed by atoms with Crippen LogP contribution in [0.15, 0.2) is 18.2 Å². The lowest BCUT2D eigenvalue weighted by atomic mass is 9.96. The van der Waals surface area contributed by atoms with E-state index in [0.717, 1.165) is 25.0 Å². The van der Waals surface area contributed by atoms with Gasteiger partial charge < -0.3 is 15.5 Å². The van der Waals surface area contributed by atoms with Crippen LogP contribution in [-0.2, 0) is 11.0 Å². The minimum Gasteiger partial charge on any atom is -0.335 e. The van der Waals surface area contributed by atoms with E-state index in [9.17, 15) is 22.8 Å². The predicted octanol–water partition coefficient (Wildman–Crippen LogP) is 3.88. The molecule has 1 heterocycles. The zero-order valence-electron chi connectivity index (χ0n) is 13.9. The van der Waals surface area contributed by atoms with Gasteiger partial charge in [0.15, 0.2) is 0 Å². The van der Waals surface area contributed by atoms with Crippen molar-refractivity contribution in [3.8, 4) is 0 Å². The van der Waals surface area contributed by atoms with Crippen molar-refractivity contribution in [1.82, 2.24) is 10.2 Å². The highest BCUT2D eigenvalue weighted by Crippen LogP contribution is 2.37. The quantitative estimate of drug-likeness (QED) is 0.824. The molecule has 1 aliphatic carbocycles. The second-order valence-electron chi connectivity index (χ2n) is 6.66. The number of nitrogens with zero attached hydrogens (tertiary/aromatic N) is 1. The molecule has 26 heavy (non-hydrogen) atoms. The minimum absolute atomic E-state index is 0.0506. The standard InChI is InChI=1S/C17H19ClF3N3O2/c18-11-1-4-14(13(9-11)17(19,20)21)23-15(25)10-5-7-24(8-6-10)16(26)22-12-2-3-12/h1,4,9-10,12H,2-3,5-8H2,(H,22,26)(H,23,25). The Labute approximate surface area is 153 Å². The van der Waals surface area contributed by atoms with Gasteiger partial charge in [0.2, 0.25) is 5.91 Å². The maximum Gasteiger partial charge on any atom is 0.418 e. The molecule has 2 N–H and O–H groups in total. The van der Waals surface area contributed by atoms with Crippen LogP contribution < -0.4 is 10.6 Å². The molecule has 0 atom stereocenters. The summed E-state index contributed by atoms with van der Waals surface area (Å²) in [6.07, 6.45) is -1.80. The molecular formula is C17H19ClF3N3O2. The molecule has 2 fully saturated rings. The molecule has 0 radical (unpaired) electrons. The maximum absolute atomic E-state index is 13.1. The van der Waals surface area contributed by atoms with E-state index < -0.39 is 23.6 Å². The summed E-state index contributed by atoms with van der Waals surface area (Å²) >= 11 is 5.64. The first-order valence-electron chi connectivity index (χ1n) is 8.47. The summed E-state index contributed by atoms with van der Waals surface area (Å²) in [7, 11) is 0. The van der Waals surface area contributed by atoms with E-state index in [2.05, 4.69) is 10.6 Å². The van der Waals surface area contributed by atoms with Crippen molar-refractivity contribution < 1.29 is 22.8 Å². The van der Waals surface area contributed by atoms with Crippen molar-refractivity contribution in [3.63, 3.8) is 0 Å². The third-order valence-corrected chi connectivity index (χ3v) is 4.84. The normalized spacial score (nSPS) is 18.5. The van der Waals surface area contributed by atoms with E-state index in [4.69, 9.17) is 11.6 Å². The van der Waals surface area contributed by atoms with Gasteiger partial charge in [0.05, 0.1) is 11.3 Å². The Bertz CT molecular complexity index is 699.